The number of fused-ring (bicyclic) bond motifs is 1. The van der Waals surface area contributed by atoms with Crippen molar-refractivity contribution in [2.45, 2.75) is 77.2 Å². The Morgan fingerprint density at radius 1 is 1.00 bits per heavy atom. The van der Waals surface area contributed by atoms with Crippen LogP contribution in [0.1, 0.15) is 69.5 Å². The van der Waals surface area contributed by atoms with E-state index >= 15 is 0 Å². The molecule has 1 fully saturated rings. The molecule has 0 aliphatic heterocycles. The molecular formula is C17H27N3. The second-order valence-corrected chi connectivity index (χ2v) is 6.54. The summed E-state index contributed by atoms with van der Waals surface area (Å²) in [5.74, 6) is 1.94. The van der Waals surface area contributed by atoms with E-state index in [1.165, 1.54) is 62.6 Å². The third kappa shape index (κ3) is 3.13. The number of aromatic nitrogens is 2. The highest BCUT2D eigenvalue weighted by atomic mass is 15.0. The van der Waals surface area contributed by atoms with Crippen LogP contribution >= 0.6 is 0 Å². The van der Waals surface area contributed by atoms with Gasteiger partial charge in [-0.25, -0.2) is 9.97 Å². The van der Waals surface area contributed by atoms with E-state index in [9.17, 15) is 0 Å². The van der Waals surface area contributed by atoms with Gasteiger partial charge in [0.1, 0.15) is 12.1 Å². The van der Waals surface area contributed by atoms with Gasteiger partial charge in [0, 0.05) is 17.3 Å². The van der Waals surface area contributed by atoms with Crippen LogP contribution in [0.5, 0.6) is 0 Å². The molecule has 1 aromatic rings. The minimum Gasteiger partial charge on any atom is -0.367 e. The Bertz CT molecular complexity index is 438. The van der Waals surface area contributed by atoms with Crippen molar-refractivity contribution >= 4 is 5.82 Å². The largest absolute Gasteiger partial charge is 0.367 e. The van der Waals surface area contributed by atoms with Gasteiger partial charge in [-0.2, -0.15) is 0 Å². The molecule has 1 atom stereocenters. The molecule has 0 spiro atoms. The minimum atomic E-state index is 0.539. The van der Waals surface area contributed by atoms with E-state index in [4.69, 9.17) is 0 Å². The third-order valence-corrected chi connectivity index (χ3v) is 5.10. The normalized spacial score (nSPS) is 21.9. The molecule has 0 radical (unpaired) electrons. The van der Waals surface area contributed by atoms with Gasteiger partial charge in [0.2, 0.25) is 0 Å². The fraction of sp³-hybridized carbons (Fsp3) is 0.765. The number of hydrogen-bond donors (Lipinski definition) is 1. The summed E-state index contributed by atoms with van der Waals surface area (Å²) >= 11 is 0. The summed E-state index contributed by atoms with van der Waals surface area (Å²) < 4.78 is 0. The highest BCUT2D eigenvalue weighted by Gasteiger charge is 2.22. The molecule has 3 rings (SSSR count). The second kappa shape index (κ2) is 6.55. The van der Waals surface area contributed by atoms with Crippen molar-refractivity contribution in [3.05, 3.63) is 17.6 Å². The van der Waals surface area contributed by atoms with Crippen molar-refractivity contribution in [1.29, 1.82) is 0 Å². The van der Waals surface area contributed by atoms with Crippen LogP contribution in [-0.4, -0.2) is 16.0 Å². The summed E-state index contributed by atoms with van der Waals surface area (Å²) in [6.45, 7) is 2.33. The van der Waals surface area contributed by atoms with Gasteiger partial charge in [-0.1, -0.05) is 25.7 Å². The molecule has 0 aromatic carbocycles. The summed E-state index contributed by atoms with van der Waals surface area (Å²) in [6, 6.07) is 0.539. The predicted molar refractivity (Wildman–Crippen MR) is 83.0 cm³/mol. The van der Waals surface area contributed by atoms with Crippen molar-refractivity contribution in [2.24, 2.45) is 5.92 Å². The number of nitrogens with one attached hydrogen (secondary N) is 1. The minimum absolute atomic E-state index is 0.539. The standard InChI is InChI=1S/C17H27N3/c1-13(14-8-4-2-5-9-14)20-17-15-10-6-3-7-11-16(15)18-12-19-17/h12-14H,2-11H2,1H3,(H,18,19,20). The lowest BCUT2D eigenvalue weighted by molar-refractivity contribution is 0.328. The van der Waals surface area contributed by atoms with E-state index < -0.39 is 0 Å². The Balaban J connectivity index is 1.73. The van der Waals surface area contributed by atoms with Crippen LogP contribution < -0.4 is 5.32 Å². The first kappa shape index (κ1) is 13.8. The molecule has 110 valence electrons. The van der Waals surface area contributed by atoms with Gasteiger partial charge in [-0.05, 0) is 51.4 Å². The smallest absolute Gasteiger partial charge is 0.133 e. The number of anilines is 1. The molecule has 1 saturated carbocycles. The fourth-order valence-corrected chi connectivity index (χ4v) is 3.79. The quantitative estimate of drug-likeness (QED) is 0.842. The number of nitrogens with zero attached hydrogens (tertiary/aromatic N) is 2. The van der Waals surface area contributed by atoms with Crippen LogP contribution in [0.3, 0.4) is 0 Å². The zero-order valence-corrected chi connectivity index (χ0v) is 12.7. The molecule has 1 N–H and O–H groups in total. The highest BCUT2D eigenvalue weighted by molar-refractivity contribution is 5.47. The molecule has 3 heteroatoms. The molecule has 0 bridgehead atoms. The maximum Gasteiger partial charge on any atom is 0.133 e. The Morgan fingerprint density at radius 2 is 1.75 bits per heavy atom. The highest BCUT2D eigenvalue weighted by Crippen LogP contribution is 2.30. The Labute approximate surface area is 122 Å². The molecule has 1 heterocycles. The average Bonchev–Trinajstić information content (AvgIpc) is 2.74. The van der Waals surface area contributed by atoms with Crippen molar-refractivity contribution in [3.8, 4) is 0 Å². The summed E-state index contributed by atoms with van der Waals surface area (Å²) in [5.41, 5.74) is 2.68. The monoisotopic (exact) mass is 273 g/mol. The van der Waals surface area contributed by atoms with E-state index in [2.05, 4.69) is 22.2 Å². The van der Waals surface area contributed by atoms with Crippen molar-refractivity contribution in [2.75, 3.05) is 5.32 Å². The zero-order chi connectivity index (χ0) is 13.8. The molecule has 1 unspecified atom stereocenters. The first-order valence-electron chi connectivity index (χ1n) is 8.44. The second-order valence-electron chi connectivity index (χ2n) is 6.54. The average molecular weight is 273 g/mol. The number of aryl methyl sites for hydroxylation is 1. The molecule has 20 heavy (non-hydrogen) atoms. The molecule has 0 saturated heterocycles. The van der Waals surface area contributed by atoms with Gasteiger partial charge in [0.05, 0.1) is 0 Å². The molecule has 2 aliphatic carbocycles. The summed E-state index contributed by atoms with van der Waals surface area (Å²) in [4.78, 5) is 9.05. The molecule has 0 amide bonds. The van der Waals surface area contributed by atoms with Crippen molar-refractivity contribution in [3.63, 3.8) is 0 Å². The van der Waals surface area contributed by atoms with Gasteiger partial charge in [0.15, 0.2) is 0 Å². The van der Waals surface area contributed by atoms with E-state index in [0.29, 0.717) is 6.04 Å². The first-order valence-corrected chi connectivity index (χ1v) is 8.44. The molecular weight excluding hydrogens is 246 g/mol. The van der Waals surface area contributed by atoms with Crippen LogP contribution in [0, 0.1) is 5.92 Å². The third-order valence-electron chi connectivity index (χ3n) is 5.10. The lowest BCUT2D eigenvalue weighted by Crippen LogP contribution is -2.28. The molecule has 1 aromatic heterocycles. The summed E-state index contributed by atoms with van der Waals surface area (Å²) in [5, 5.41) is 3.72. The van der Waals surface area contributed by atoms with Crippen LogP contribution in [0.2, 0.25) is 0 Å². The van der Waals surface area contributed by atoms with Crippen LogP contribution in [0.4, 0.5) is 5.82 Å². The summed E-state index contributed by atoms with van der Waals surface area (Å²) in [6.07, 6.45) is 14.9. The fourth-order valence-electron chi connectivity index (χ4n) is 3.79. The maximum atomic E-state index is 4.55. The molecule has 3 nitrogen and oxygen atoms in total. The lowest BCUT2D eigenvalue weighted by atomic mass is 9.84. The van der Waals surface area contributed by atoms with Crippen LogP contribution in [0.25, 0.3) is 0 Å². The van der Waals surface area contributed by atoms with E-state index in [1.54, 1.807) is 6.33 Å². The summed E-state index contributed by atoms with van der Waals surface area (Å²) in [7, 11) is 0. The van der Waals surface area contributed by atoms with Crippen molar-refractivity contribution in [1.82, 2.24) is 9.97 Å². The van der Waals surface area contributed by atoms with Gasteiger partial charge in [0.25, 0.3) is 0 Å². The zero-order valence-electron chi connectivity index (χ0n) is 12.7. The van der Waals surface area contributed by atoms with Gasteiger partial charge in [-0.15, -0.1) is 0 Å². The van der Waals surface area contributed by atoms with Crippen LogP contribution in [-0.2, 0) is 12.8 Å². The Morgan fingerprint density at radius 3 is 2.60 bits per heavy atom. The van der Waals surface area contributed by atoms with Gasteiger partial charge >= 0.3 is 0 Å². The number of hydrogen-bond acceptors (Lipinski definition) is 3. The SMILES string of the molecule is CC(Nc1ncnc2c1CCCCC2)C1CCCCC1. The predicted octanol–water partition coefficient (Wildman–Crippen LogP) is 4.13. The van der Waals surface area contributed by atoms with E-state index in [0.717, 1.165) is 24.6 Å². The molecule has 2 aliphatic rings. The Hall–Kier alpha value is -1.12. The van der Waals surface area contributed by atoms with Gasteiger partial charge < -0.3 is 5.32 Å². The lowest BCUT2D eigenvalue weighted by Gasteiger charge is -2.29. The van der Waals surface area contributed by atoms with E-state index in [-0.39, 0.29) is 0 Å². The van der Waals surface area contributed by atoms with Crippen molar-refractivity contribution < 1.29 is 0 Å². The Kier molecular flexibility index (Phi) is 4.54. The van der Waals surface area contributed by atoms with E-state index in [1.807, 2.05) is 0 Å². The number of rotatable bonds is 3. The van der Waals surface area contributed by atoms with Gasteiger partial charge in [-0.3, -0.25) is 0 Å². The van der Waals surface area contributed by atoms with Crippen LogP contribution in [0.15, 0.2) is 6.33 Å². The maximum absolute atomic E-state index is 4.55. The first-order chi connectivity index (χ1) is 9.84. The topological polar surface area (TPSA) is 37.8 Å².